The van der Waals surface area contributed by atoms with Gasteiger partial charge in [-0.25, -0.2) is 0 Å². The molecule has 0 aromatic carbocycles. The van der Waals surface area contributed by atoms with Gasteiger partial charge in [0.05, 0.1) is 25.3 Å². The van der Waals surface area contributed by atoms with E-state index in [1.807, 2.05) is 19.1 Å². The second-order valence-electron chi connectivity index (χ2n) is 4.28. The molecule has 0 amide bonds. The lowest BCUT2D eigenvalue weighted by atomic mass is 10.1. The molecular formula is C13H19NO3. The molecule has 0 radical (unpaired) electrons. The van der Waals surface area contributed by atoms with Crippen LogP contribution in [0.25, 0.3) is 0 Å². The Morgan fingerprint density at radius 3 is 2.88 bits per heavy atom. The van der Waals surface area contributed by atoms with Crippen molar-refractivity contribution in [3.05, 3.63) is 24.2 Å². The number of nitrogens with zero attached hydrogens (tertiary/aromatic N) is 1. The standard InChI is InChI=1S/C13H19NO3/c1-2-16-13(15)10-11(12-6-5-9-17-12)14-7-3-4-8-14/h5-6,9,11H,2-4,7-8,10H2,1H3. The Morgan fingerprint density at radius 2 is 2.29 bits per heavy atom. The molecule has 1 aliphatic heterocycles. The summed E-state index contributed by atoms with van der Waals surface area (Å²) in [7, 11) is 0. The van der Waals surface area contributed by atoms with Crippen LogP contribution in [-0.2, 0) is 9.53 Å². The van der Waals surface area contributed by atoms with E-state index in [0.29, 0.717) is 13.0 Å². The molecule has 0 saturated carbocycles. The van der Waals surface area contributed by atoms with Gasteiger partial charge in [0.15, 0.2) is 0 Å². The van der Waals surface area contributed by atoms with E-state index in [2.05, 4.69) is 4.90 Å². The van der Waals surface area contributed by atoms with Crippen LogP contribution in [0, 0.1) is 0 Å². The number of carbonyl (C=O) groups is 1. The summed E-state index contributed by atoms with van der Waals surface area (Å²) in [6.07, 6.45) is 4.42. The average molecular weight is 237 g/mol. The fourth-order valence-electron chi connectivity index (χ4n) is 2.32. The van der Waals surface area contributed by atoms with Crippen LogP contribution in [0.3, 0.4) is 0 Å². The molecule has 1 saturated heterocycles. The number of carbonyl (C=O) groups excluding carboxylic acids is 1. The number of rotatable bonds is 5. The topological polar surface area (TPSA) is 42.7 Å². The molecule has 0 spiro atoms. The van der Waals surface area contributed by atoms with Gasteiger partial charge in [0.25, 0.3) is 0 Å². The SMILES string of the molecule is CCOC(=O)CC(c1ccco1)N1CCCC1. The number of hydrogen-bond acceptors (Lipinski definition) is 4. The second-order valence-corrected chi connectivity index (χ2v) is 4.28. The van der Waals surface area contributed by atoms with Crippen molar-refractivity contribution in [2.24, 2.45) is 0 Å². The van der Waals surface area contributed by atoms with Crippen molar-refractivity contribution in [1.82, 2.24) is 4.90 Å². The number of esters is 1. The maximum atomic E-state index is 11.6. The summed E-state index contributed by atoms with van der Waals surface area (Å²) >= 11 is 0. The fourth-order valence-corrected chi connectivity index (χ4v) is 2.32. The Bertz CT molecular complexity index is 342. The predicted molar refractivity (Wildman–Crippen MR) is 63.5 cm³/mol. The molecule has 2 rings (SSSR count). The van der Waals surface area contributed by atoms with E-state index in [1.54, 1.807) is 6.26 Å². The van der Waals surface area contributed by atoms with E-state index < -0.39 is 0 Å². The van der Waals surface area contributed by atoms with Crippen molar-refractivity contribution in [3.8, 4) is 0 Å². The van der Waals surface area contributed by atoms with E-state index in [4.69, 9.17) is 9.15 Å². The zero-order chi connectivity index (χ0) is 12.1. The Kier molecular flexibility index (Phi) is 4.20. The zero-order valence-corrected chi connectivity index (χ0v) is 10.2. The minimum Gasteiger partial charge on any atom is -0.468 e. The van der Waals surface area contributed by atoms with E-state index in [9.17, 15) is 4.79 Å². The normalized spacial score (nSPS) is 18.2. The van der Waals surface area contributed by atoms with Gasteiger partial charge in [0.1, 0.15) is 5.76 Å². The Hall–Kier alpha value is -1.29. The highest BCUT2D eigenvalue weighted by atomic mass is 16.5. The lowest BCUT2D eigenvalue weighted by Gasteiger charge is -2.24. The zero-order valence-electron chi connectivity index (χ0n) is 10.2. The lowest BCUT2D eigenvalue weighted by Crippen LogP contribution is -2.28. The van der Waals surface area contributed by atoms with Crippen molar-refractivity contribution in [2.75, 3.05) is 19.7 Å². The van der Waals surface area contributed by atoms with Crippen LogP contribution in [0.2, 0.25) is 0 Å². The molecule has 1 aliphatic rings. The van der Waals surface area contributed by atoms with E-state index in [1.165, 1.54) is 12.8 Å². The van der Waals surface area contributed by atoms with Gasteiger partial charge in [-0.05, 0) is 45.0 Å². The highest BCUT2D eigenvalue weighted by Gasteiger charge is 2.28. The molecule has 17 heavy (non-hydrogen) atoms. The van der Waals surface area contributed by atoms with Crippen LogP contribution in [-0.4, -0.2) is 30.6 Å². The van der Waals surface area contributed by atoms with Crippen LogP contribution < -0.4 is 0 Å². The molecule has 1 atom stereocenters. The predicted octanol–water partition coefficient (Wildman–Crippen LogP) is 2.37. The number of likely N-dealkylation sites (tertiary alicyclic amines) is 1. The van der Waals surface area contributed by atoms with E-state index in [0.717, 1.165) is 18.8 Å². The number of furan rings is 1. The lowest BCUT2D eigenvalue weighted by molar-refractivity contribution is -0.144. The van der Waals surface area contributed by atoms with Crippen LogP contribution in [0.15, 0.2) is 22.8 Å². The first kappa shape index (κ1) is 12.2. The van der Waals surface area contributed by atoms with Crippen LogP contribution in [0.4, 0.5) is 0 Å². The van der Waals surface area contributed by atoms with Gasteiger partial charge in [0, 0.05) is 0 Å². The third-order valence-corrected chi connectivity index (χ3v) is 3.12. The molecule has 94 valence electrons. The van der Waals surface area contributed by atoms with Crippen LogP contribution in [0.1, 0.15) is 38.0 Å². The maximum absolute atomic E-state index is 11.6. The van der Waals surface area contributed by atoms with Gasteiger partial charge in [0.2, 0.25) is 0 Å². The van der Waals surface area contributed by atoms with Crippen molar-refractivity contribution < 1.29 is 13.9 Å². The van der Waals surface area contributed by atoms with Crippen molar-refractivity contribution in [3.63, 3.8) is 0 Å². The van der Waals surface area contributed by atoms with Crippen LogP contribution in [0.5, 0.6) is 0 Å². The van der Waals surface area contributed by atoms with Gasteiger partial charge in [-0.3, -0.25) is 9.69 Å². The smallest absolute Gasteiger partial charge is 0.307 e. The van der Waals surface area contributed by atoms with Gasteiger partial charge in [-0.2, -0.15) is 0 Å². The maximum Gasteiger partial charge on any atom is 0.307 e. The Morgan fingerprint density at radius 1 is 1.53 bits per heavy atom. The summed E-state index contributed by atoms with van der Waals surface area (Å²) in [5.74, 6) is 0.709. The van der Waals surface area contributed by atoms with Gasteiger partial charge in [-0.1, -0.05) is 0 Å². The Labute approximate surface area is 102 Å². The summed E-state index contributed by atoms with van der Waals surface area (Å²) in [6.45, 7) is 4.33. The average Bonchev–Trinajstić information content (AvgIpc) is 3.00. The molecule has 0 aliphatic carbocycles. The minimum absolute atomic E-state index is 0.0338. The quantitative estimate of drug-likeness (QED) is 0.737. The molecule has 1 unspecified atom stereocenters. The summed E-state index contributed by atoms with van der Waals surface area (Å²) in [4.78, 5) is 13.9. The summed E-state index contributed by atoms with van der Waals surface area (Å²) < 4.78 is 10.5. The summed E-state index contributed by atoms with van der Waals surface area (Å²) in [5.41, 5.74) is 0. The highest BCUT2D eigenvalue weighted by molar-refractivity contribution is 5.70. The molecule has 1 aromatic rings. The van der Waals surface area contributed by atoms with Crippen LogP contribution >= 0.6 is 0 Å². The molecular weight excluding hydrogens is 218 g/mol. The first-order chi connectivity index (χ1) is 8.31. The second kappa shape index (κ2) is 5.87. The first-order valence-corrected chi connectivity index (χ1v) is 6.24. The highest BCUT2D eigenvalue weighted by Crippen LogP contribution is 2.28. The largest absolute Gasteiger partial charge is 0.468 e. The third kappa shape index (κ3) is 3.09. The van der Waals surface area contributed by atoms with Gasteiger partial charge >= 0.3 is 5.97 Å². The number of ether oxygens (including phenoxy) is 1. The molecule has 1 aromatic heterocycles. The molecule has 0 bridgehead atoms. The molecule has 4 heteroatoms. The minimum atomic E-state index is -0.152. The third-order valence-electron chi connectivity index (χ3n) is 3.12. The van der Waals surface area contributed by atoms with Crippen molar-refractivity contribution in [2.45, 2.75) is 32.2 Å². The van der Waals surface area contributed by atoms with Crippen molar-refractivity contribution in [1.29, 1.82) is 0 Å². The summed E-state index contributed by atoms with van der Waals surface area (Å²) in [6, 6.07) is 3.83. The molecule has 2 heterocycles. The monoisotopic (exact) mass is 237 g/mol. The number of hydrogen-bond donors (Lipinski definition) is 0. The van der Waals surface area contributed by atoms with E-state index >= 15 is 0 Å². The first-order valence-electron chi connectivity index (χ1n) is 6.24. The molecule has 0 N–H and O–H groups in total. The van der Waals surface area contributed by atoms with Crippen molar-refractivity contribution >= 4 is 5.97 Å². The molecule has 4 nitrogen and oxygen atoms in total. The molecule has 1 fully saturated rings. The Balaban J connectivity index is 2.04. The van der Waals surface area contributed by atoms with Gasteiger partial charge in [-0.15, -0.1) is 0 Å². The van der Waals surface area contributed by atoms with Gasteiger partial charge < -0.3 is 9.15 Å². The summed E-state index contributed by atoms with van der Waals surface area (Å²) in [5, 5.41) is 0. The fraction of sp³-hybridized carbons (Fsp3) is 0.615. The van der Waals surface area contributed by atoms with E-state index in [-0.39, 0.29) is 12.0 Å².